The summed E-state index contributed by atoms with van der Waals surface area (Å²) in [5.41, 5.74) is 8.00. The summed E-state index contributed by atoms with van der Waals surface area (Å²) in [4.78, 5) is 0. The van der Waals surface area contributed by atoms with Crippen LogP contribution in [0.5, 0.6) is 0 Å². The fraction of sp³-hybridized carbons (Fsp3) is 0.636. The van der Waals surface area contributed by atoms with Gasteiger partial charge in [0.05, 0.1) is 0 Å². The van der Waals surface area contributed by atoms with E-state index in [9.17, 15) is 0 Å². The topological polar surface area (TPSA) is 26.0 Å². The Kier molecular flexibility index (Phi) is 1.84. The SMILES string of the molecule is CC(N)C1(C2=CC=CCC2)CC1. The number of hydrogen-bond acceptors (Lipinski definition) is 1. The van der Waals surface area contributed by atoms with Crippen molar-refractivity contribution in [2.24, 2.45) is 11.1 Å². The summed E-state index contributed by atoms with van der Waals surface area (Å²) in [6.07, 6.45) is 11.8. The first kappa shape index (κ1) is 8.06. The fourth-order valence-corrected chi connectivity index (χ4v) is 2.22. The molecule has 0 amide bonds. The van der Waals surface area contributed by atoms with Gasteiger partial charge >= 0.3 is 0 Å². The van der Waals surface area contributed by atoms with Gasteiger partial charge in [-0.3, -0.25) is 0 Å². The van der Waals surface area contributed by atoms with E-state index in [0.717, 1.165) is 0 Å². The second kappa shape index (κ2) is 2.74. The van der Waals surface area contributed by atoms with E-state index >= 15 is 0 Å². The quantitative estimate of drug-likeness (QED) is 0.664. The molecule has 66 valence electrons. The highest BCUT2D eigenvalue weighted by molar-refractivity contribution is 5.30. The highest BCUT2D eigenvalue weighted by Gasteiger charge is 2.48. The van der Waals surface area contributed by atoms with Crippen molar-refractivity contribution in [3.63, 3.8) is 0 Å². The Bertz CT molecular complexity index is 231. The molecule has 1 nitrogen and oxygen atoms in total. The van der Waals surface area contributed by atoms with E-state index in [1.54, 1.807) is 5.57 Å². The average molecular weight is 163 g/mol. The van der Waals surface area contributed by atoms with Gasteiger partial charge in [-0.25, -0.2) is 0 Å². The Labute approximate surface area is 74.3 Å². The van der Waals surface area contributed by atoms with E-state index in [4.69, 9.17) is 5.73 Å². The Morgan fingerprint density at radius 1 is 1.50 bits per heavy atom. The Morgan fingerprint density at radius 2 is 2.25 bits per heavy atom. The third kappa shape index (κ3) is 1.13. The first-order valence-electron chi connectivity index (χ1n) is 4.87. The zero-order valence-corrected chi connectivity index (χ0v) is 7.72. The van der Waals surface area contributed by atoms with Crippen molar-refractivity contribution in [2.45, 2.75) is 38.6 Å². The minimum Gasteiger partial charge on any atom is -0.327 e. The van der Waals surface area contributed by atoms with Crippen LogP contribution in [0.3, 0.4) is 0 Å². The van der Waals surface area contributed by atoms with Crippen LogP contribution in [0, 0.1) is 5.41 Å². The lowest BCUT2D eigenvalue weighted by atomic mass is 9.84. The van der Waals surface area contributed by atoms with Crippen LogP contribution in [0.15, 0.2) is 23.8 Å². The van der Waals surface area contributed by atoms with Gasteiger partial charge in [-0.2, -0.15) is 0 Å². The molecule has 1 fully saturated rings. The Balaban J connectivity index is 2.18. The molecule has 0 aromatic carbocycles. The normalized spacial score (nSPS) is 28.0. The van der Waals surface area contributed by atoms with Crippen LogP contribution in [0.4, 0.5) is 0 Å². The molecule has 1 heteroatoms. The molecule has 1 saturated carbocycles. The average Bonchev–Trinajstić information content (AvgIpc) is 2.86. The van der Waals surface area contributed by atoms with Crippen molar-refractivity contribution in [3.8, 4) is 0 Å². The lowest BCUT2D eigenvalue weighted by molar-refractivity contribution is 0.475. The Hall–Kier alpha value is -0.560. The van der Waals surface area contributed by atoms with Gasteiger partial charge in [0, 0.05) is 11.5 Å². The van der Waals surface area contributed by atoms with Crippen molar-refractivity contribution in [2.75, 3.05) is 0 Å². The fourth-order valence-electron chi connectivity index (χ4n) is 2.22. The number of allylic oxidation sites excluding steroid dienone is 3. The third-order valence-corrected chi connectivity index (χ3v) is 3.31. The first-order chi connectivity index (χ1) is 5.76. The maximum Gasteiger partial charge on any atom is 0.0105 e. The molecule has 0 aromatic heterocycles. The molecule has 0 bridgehead atoms. The van der Waals surface area contributed by atoms with Gasteiger partial charge in [-0.05, 0) is 32.6 Å². The minimum absolute atomic E-state index is 0.343. The molecule has 0 aliphatic heterocycles. The largest absolute Gasteiger partial charge is 0.327 e. The molecule has 1 atom stereocenters. The summed E-state index contributed by atoms with van der Waals surface area (Å²) in [5.74, 6) is 0. The molecule has 0 aromatic rings. The number of hydrogen-bond donors (Lipinski definition) is 1. The molecule has 0 saturated heterocycles. The van der Waals surface area contributed by atoms with Crippen molar-refractivity contribution < 1.29 is 0 Å². The maximum atomic E-state index is 6.00. The van der Waals surface area contributed by atoms with E-state index in [-0.39, 0.29) is 0 Å². The van der Waals surface area contributed by atoms with Crippen molar-refractivity contribution in [3.05, 3.63) is 23.8 Å². The molecular weight excluding hydrogens is 146 g/mol. The zero-order chi connectivity index (χ0) is 8.60. The van der Waals surface area contributed by atoms with Crippen molar-refractivity contribution in [1.29, 1.82) is 0 Å². The monoisotopic (exact) mass is 163 g/mol. The van der Waals surface area contributed by atoms with Crippen LogP contribution in [0.25, 0.3) is 0 Å². The van der Waals surface area contributed by atoms with Gasteiger partial charge in [-0.15, -0.1) is 0 Å². The number of nitrogens with two attached hydrogens (primary N) is 1. The lowest BCUT2D eigenvalue weighted by Crippen LogP contribution is -2.30. The molecule has 2 N–H and O–H groups in total. The second-order valence-electron chi connectivity index (χ2n) is 4.10. The van der Waals surface area contributed by atoms with E-state index in [2.05, 4.69) is 25.2 Å². The summed E-state index contributed by atoms with van der Waals surface area (Å²) < 4.78 is 0. The summed E-state index contributed by atoms with van der Waals surface area (Å²) >= 11 is 0. The van der Waals surface area contributed by atoms with Crippen LogP contribution >= 0.6 is 0 Å². The van der Waals surface area contributed by atoms with E-state index in [1.165, 1.54) is 25.7 Å². The maximum absolute atomic E-state index is 6.00. The van der Waals surface area contributed by atoms with Gasteiger partial charge in [0.1, 0.15) is 0 Å². The van der Waals surface area contributed by atoms with Gasteiger partial charge in [0.15, 0.2) is 0 Å². The highest BCUT2D eigenvalue weighted by atomic mass is 14.7. The van der Waals surface area contributed by atoms with Crippen LogP contribution < -0.4 is 5.73 Å². The number of rotatable bonds is 2. The summed E-state index contributed by atoms with van der Waals surface area (Å²) in [6, 6.07) is 0.343. The van der Waals surface area contributed by atoms with Gasteiger partial charge in [0.25, 0.3) is 0 Å². The third-order valence-electron chi connectivity index (χ3n) is 3.31. The zero-order valence-electron chi connectivity index (χ0n) is 7.72. The Morgan fingerprint density at radius 3 is 2.67 bits per heavy atom. The molecule has 2 aliphatic rings. The standard InChI is InChI=1S/C11H17N/c1-9(12)11(7-8-11)10-5-3-2-4-6-10/h2-3,5,9H,4,6-8,12H2,1H3. The molecule has 2 rings (SSSR count). The molecule has 0 radical (unpaired) electrons. The predicted molar refractivity (Wildman–Crippen MR) is 51.8 cm³/mol. The van der Waals surface area contributed by atoms with Crippen LogP contribution in [-0.4, -0.2) is 6.04 Å². The molecule has 12 heavy (non-hydrogen) atoms. The molecule has 2 aliphatic carbocycles. The minimum atomic E-state index is 0.343. The summed E-state index contributed by atoms with van der Waals surface area (Å²) in [6.45, 7) is 2.14. The van der Waals surface area contributed by atoms with E-state index in [0.29, 0.717) is 11.5 Å². The molecule has 0 heterocycles. The van der Waals surface area contributed by atoms with Crippen LogP contribution in [-0.2, 0) is 0 Å². The molecular formula is C11H17N. The smallest absolute Gasteiger partial charge is 0.0105 e. The van der Waals surface area contributed by atoms with Crippen LogP contribution in [0.1, 0.15) is 32.6 Å². The van der Waals surface area contributed by atoms with Crippen LogP contribution in [0.2, 0.25) is 0 Å². The predicted octanol–water partition coefficient (Wildman–Crippen LogP) is 2.39. The van der Waals surface area contributed by atoms with Gasteiger partial charge in [0.2, 0.25) is 0 Å². The molecule has 0 spiro atoms. The lowest BCUT2D eigenvalue weighted by Gasteiger charge is -2.24. The van der Waals surface area contributed by atoms with E-state index < -0.39 is 0 Å². The van der Waals surface area contributed by atoms with Gasteiger partial charge in [-0.1, -0.05) is 23.8 Å². The molecule has 1 unspecified atom stereocenters. The highest BCUT2D eigenvalue weighted by Crippen LogP contribution is 2.55. The van der Waals surface area contributed by atoms with Crippen molar-refractivity contribution in [1.82, 2.24) is 0 Å². The van der Waals surface area contributed by atoms with Gasteiger partial charge < -0.3 is 5.73 Å². The van der Waals surface area contributed by atoms with Crippen molar-refractivity contribution >= 4 is 0 Å². The van der Waals surface area contributed by atoms with E-state index in [1.807, 2.05) is 0 Å². The second-order valence-corrected chi connectivity index (χ2v) is 4.10. The summed E-state index contributed by atoms with van der Waals surface area (Å²) in [5, 5.41) is 0. The summed E-state index contributed by atoms with van der Waals surface area (Å²) in [7, 11) is 0. The first-order valence-corrected chi connectivity index (χ1v) is 4.87.